The van der Waals surface area contributed by atoms with Crippen LogP contribution in [0, 0.1) is 0 Å². The van der Waals surface area contributed by atoms with Gasteiger partial charge in [0.25, 0.3) is 5.95 Å². The van der Waals surface area contributed by atoms with E-state index in [0.717, 1.165) is 0 Å². The Labute approximate surface area is 134 Å². The van der Waals surface area contributed by atoms with Crippen molar-refractivity contribution in [2.75, 3.05) is 11.5 Å². The number of aromatic hydroxyl groups is 1. The van der Waals surface area contributed by atoms with Crippen LogP contribution in [-0.4, -0.2) is 31.1 Å². The quantitative estimate of drug-likeness (QED) is 0.529. The zero-order valence-corrected chi connectivity index (χ0v) is 12.1. The highest BCUT2D eigenvalue weighted by molar-refractivity contribution is 6.04. The molecule has 0 aliphatic carbocycles. The van der Waals surface area contributed by atoms with Gasteiger partial charge >= 0.3 is 5.97 Å². The van der Waals surface area contributed by atoms with Gasteiger partial charge in [0, 0.05) is 5.39 Å². The van der Waals surface area contributed by atoms with Crippen molar-refractivity contribution in [1.29, 1.82) is 0 Å². The minimum Gasteiger partial charge on any atom is -0.505 e. The van der Waals surface area contributed by atoms with Gasteiger partial charge in [-0.3, -0.25) is 0 Å². The Morgan fingerprint density at radius 3 is 2.38 bits per heavy atom. The first-order valence-electron chi connectivity index (χ1n) is 6.62. The summed E-state index contributed by atoms with van der Waals surface area (Å²) in [7, 11) is 0. The number of nitrogen functional groups attached to an aromatic ring is 2. The molecule has 1 heterocycles. The molecule has 0 fully saturated rings. The third-order valence-corrected chi connectivity index (χ3v) is 3.12. The number of hydrogen-bond acceptors (Lipinski definition) is 9. The van der Waals surface area contributed by atoms with E-state index < -0.39 is 11.7 Å². The number of benzene rings is 2. The van der Waals surface area contributed by atoms with Crippen molar-refractivity contribution in [1.82, 2.24) is 15.0 Å². The molecule has 10 heteroatoms. The Kier molecular flexibility index (Phi) is 3.62. The van der Waals surface area contributed by atoms with Gasteiger partial charge in [0.15, 0.2) is 5.75 Å². The Morgan fingerprint density at radius 2 is 1.71 bits per heavy atom. The van der Waals surface area contributed by atoms with Crippen LogP contribution in [0.5, 0.6) is 5.75 Å². The number of nitrogens with zero attached hydrogens (tertiary/aromatic N) is 5. The fourth-order valence-corrected chi connectivity index (χ4v) is 2.12. The van der Waals surface area contributed by atoms with Crippen molar-refractivity contribution in [3.05, 3.63) is 35.9 Å². The van der Waals surface area contributed by atoms with Crippen LogP contribution in [-0.2, 0) is 0 Å². The lowest BCUT2D eigenvalue weighted by molar-refractivity contribution is 0.0694. The second-order valence-corrected chi connectivity index (χ2v) is 4.70. The van der Waals surface area contributed by atoms with E-state index in [1.807, 2.05) is 0 Å². The molecule has 2 aromatic carbocycles. The minimum atomic E-state index is -1.29. The molecule has 0 spiro atoms. The molecule has 0 amide bonds. The van der Waals surface area contributed by atoms with E-state index in [1.54, 1.807) is 24.3 Å². The van der Waals surface area contributed by atoms with Gasteiger partial charge in [0.2, 0.25) is 11.9 Å². The van der Waals surface area contributed by atoms with Gasteiger partial charge in [0.1, 0.15) is 11.3 Å². The lowest BCUT2D eigenvalue weighted by Crippen LogP contribution is -2.01. The van der Waals surface area contributed by atoms with Gasteiger partial charge in [-0.1, -0.05) is 24.3 Å². The molecule has 6 N–H and O–H groups in total. The Bertz CT molecular complexity index is 967. The van der Waals surface area contributed by atoms with Crippen LogP contribution in [0.25, 0.3) is 10.8 Å². The highest BCUT2D eigenvalue weighted by Crippen LogP contribution is 2.39. The van der Waals surface area contributed by atoms with E-state index in [1.165, 1.54) is 6.07 Å². The number of hydrogen-bond donors (Lipinski definition) is 4. The van der Waals surface area contributed by atoms with Crippen LogP contribution in [0.15, 0.2) is 40.6 Å². The van der Waals surface area contributed by atoms with Crippen LogP contribution >= 0.6 is 0 Å². The zero-order valence-electron chi connectivity index (χ0n) is 12.1. The van der Waals surface area contributed by atoms with E-state index in [-0.39, 0.29) is 29.1 Å². The second-order valence-electron chi connectivity index (χ2n) is 4.70. The standard InChI is InChI=1S/C14H11N7O3/c15-12-17-13(16)19-14(18-12)21-20-9-7-4-2-1-3-6(7)5-8(10(9)22)11(23)24/h1-5,22H,(H,23,24)(H4,15,16,17,18,19). The molecule has 3 rings (SSSR count). The summed E-state index contributed by atoms with van der Waals surface area (Å²) in [5, 5.41) is 28.1. The summed E-state index contributed by atoms with van der Waals surface area (Å²) in [4.78, 5) is 22.3. The monoisotopic (exact) mass is 325 g/mol. The molecule has 0 aliphatic heterocycles. The number of nitrogens with two attached hydrogens (primary N) is 2. The summed E-state index contributed by atoms with van der Waals surface area (Å²) < 4.78 is 0. The van der Waals surface area contributed by atoms with E-state index in [9.17, 15) is 15.0 Å². The Morgan fingerprint density at radius 1 is 1.04 bits per heavy atom. The topological polar surface area (TPSA) is 173 Å². The molecule has 0 radical (unpaired) electrons. The van der Waals surface area contributed by atoms with Gasteiger partial charge in [-0.25, -0.2) is 4.79 Å². The van der Waals surface area contributed by atoms with Crippen LogP contribution in [0.2, 0.25) is 0 Å². The molecule has 0 unspecified atom stereocenters. The molecule has 3 aromatic rings. The summed E-state index contributed by atoms with van der Waals surface area (Å²) in [6.45, 7) is 0. The normalized spacial score (nSPS) is 11.2. The maximum absolute atomic E-state index is 11.3. The van der Waals surface area contributed by atoms with Crippen LogP contribution in [0.4, 0.5) is 23.5 Å². The number of carbonyl (C=O) groups is 1. The molecule has 0 aliphatic rings. The van der Waals surface area contributed by atoms with Crippen molar-refractivity contribution >= 4 is 40.3 Å². The van der Waals surface area contributed by atoms with Gasteiger partial charge in [-0.05, 0) is 11.5 Å². The SMILES string of the molecule is Nc1nc(N)nc(N=Nc2c(O)c(C(=O)O)cc3ccccc23)n1. The lowest BCUT2D eigenvalue weighted by atomic mass is 10.0. The van der Waals surface area contributed by atoms with Gasteiger partial charge in [-0.15, -0.1) is 10.2 Å². The summed E-state index contributed by atoms with van der Waals surface area (Å²) in [5.41, 5.74) is 10.6. The lowest BCUT2D eigenvalue weighted by Gasteiger charge is -2.07. The molecule has 10 nitrogen and oxygen atoms in total. The number of carboxylic acids is 1. The van der Waals surface area contributed by atoms with Crippen LogP contribution < -0.4 is 11.5 Å². The van der Waals surface area contributed by atoms with Crippen LogP contribution in [0.3, 0.4) is 0 Å². The summed E-state index contributed by atoms with van der Waals surface area (Å²) >= 11 is 0. The first kappa shape index (κ1) is 15.1. The molecular formula is C14H11N7O3. The maximum atomic E-state index is 11.3. The van der Waals surface area contributed by atoms with Crippen molar-refractivity contribution in [2.45, 2.75) is 0 Å². The molecule has 0 bridgehead atoms. The summed E-state index contributed by atoms with van der Waals surface area (Å²) in [5.74, 6) is -2.23. The molecule has 1 aromatic heterocycles. The van der Waals surface area contributed by atoms with Gasteiger partial charge in [-0.2, -0.15) is 15.0 Å². The van der Waals surface area contributed by atoms with Crippen molar-refractivity contribution in [3.8, 4) is 5.75 Å². The predicted molar refractivity (Wildman–Crippen MR) is 85.4 cm³/mol. The van der Waals surface area contributed by atoms with E-state index in [4.69, 9.17) is 11.5 Å². The van der Waals surface area contributed by atoms with Crippen molar-refractivity contribution in [2.24, 2.45) is 10.2 Å². The number of phenols is 1. The fraction of sp³-hybridized carbons (Fsp3) is 0. The maximum Gasteiger partial charge on any atom is 0.339 e. The number of aromatic carboxylic acids is 1. The first-order chi connectivity index (χ1) is 11.5. The molecule has 0 saturated heterocycles. The molecular weight excluding hydrogens is 314 g/mol. The fourth-order valence-electron chi connectivity index (χ4n) is 2.12. The number of anilines is 2. The van der Waals surface area contributed by atoms with Gasteiger partial charge in [0.05, 0.1) is 0 Å². The van der Waals surface area contributed by atoms with Crippen LogP contribution in [0.1, 0.15) is 10.4 Å². The second kappa shape index (κ2) is 5.76. The first-order valence-corrected chi connectivity index (χ1v) is 6.62. The van der Waals surface area contributed by atoms with Crippen molar-refractivity contribution < 1.29 is 15.0 Å². The highest BCUT2D eigenvalue weighted by Gasteiger charge is 2.17. The summed E-state index contributed by atoms with van der Waals surface area (Å²) in [6, 6.07) is 8.18. The molecule has 24 heavy (non-hydrogen) atoms. The smallest absolute Gasteiger partial charge is 0.339 e. The third-order valence-electron chi connectivity index (χ3n) is 3.12. The Hall–Kier alpha value is -3.82. The van der Waals surface area contributed by atoms with E-state index >= 15 is 0 Å². The average molecular weight is 325 g/mol. The van der Waals surface area contributed by atoms with Gasteiger partial charge < -0.3 is 21.7 Å². The zero-order chi connectivity index (χ0) is 17.3. The predicted octanol–water partition coefficient (Wildman–Crippen LogP) is 2.01. The number of rotatable bonds is 3. The number of carboxylic acid groups (broad SMARTS) is 1. The molecule has 0 saturated carbocycles. The third kappa shape index (κ3) is 2.75. The average Bonchev–Trinajstić information content (AvgIpc) is 2.52. The highest BCUT2D eigenvalue weighted by atomic mass is 16.4. The van der Waals surface area contributed by atoms with E-state index in [2.05, 4.69) is 25.2 Å². The number of fused-ring (bicyclic) bond motifs is 1. The number of aromatic nitrogens is 3. The molecule has 120 valence electrons. The number of azo groups is 1. The largest absolute Gasteiger partial charge is 0.505 e. The van der Waals surface area contributed by atoms with E-state index in [0.29, 0.717) is 10.8 Å². The minimum absolute atomic E-state index is 0.0249. The Balaban J connectivity index is 2.19. The van der Waals surface area contributed by atoms with Crippen molar-refractivity contribution in [3.63, 3.8) is 0 Å². The summed E-state index contributed by atoms with van der Waals surface area (Å²) in [6.07, 6.45) is 0. The molecule has 0 atom stereocenters.